The molecule has 1 aromatic rings. The third-order valence-electron chi connectivity index (χ3n) is 1.72. The summed E-state index contributed by atoms with van der Waals surface area (Å²) in [4.78, 5) is 14.6. The zero-order valence-electron chi connectivity index (χ0n) is 7.15. The number of aryl methyl sites for hydroxylation is 1. The van der Waals surface area contributed by atoms with E-state index >= 15 is 0 Å². The number of hydrogen-bond acceptors (Lipinski definition) is 3. The highest BCUT2D eigenvalue weighted by molar-refractivity contribution is 5.89. The summed E-state index contributed by atoms with van der Waals surface area (Å²) in [6.45, 7) is 1.69. The third-order valence-corrected chi connectivity index (χ3v) is 1.72. The molecule has 0 aromatic heterocycles. The number of carboxylic acid groups (broad SMARTS) is 1. The van der Waals surface area contributed by atoms with Crippen LogP contribution in [0.25, 0.3) is 0 Å². The van der Waals surface area contributed by atoms with E-state index in [0.29, 0.717) is 5.56 Å². The SMILES string of the molecule is Cc1ccc(COO)c(C(=O)O)c1. The highest BCUT2D eigenvalue weighted by Gasteiger charge is 2.09. The van der Waals surface area contributed by atoms with Crippen LogP contribution in [0.4, 0.5) is 0 Å². The van der Waals surface area contributed by atoms with Crippen LogP contribution in [0.15, 0.2) is 18.2 Å². The van der Waals surface area contributed by atoms with Crippen molar-refractivity contribution < 1.29 is 20.0 Å². The van der Waals surface area contributed by atoms with Crippen molar-refractivity contribution >= 4 is 5.97 Å². The van der Waals surface area contributed by atoms with Crippen LogP contribution < -0.4 is 0 Å². The molecule has 0 aliphatic carbocycles. The number of rotatable bonds is 3. The molecule has 0 bridgehead atoms. The van der Waals surface area contributed by atoms with E-state index in [4.69, 9.17) is 10.4 Å². The van der Waals surface area contributed by atoms with Crippen LogP contribution in [0.3, 0.4) is 0 Å². The molecule has 0 saturated carbocycles. The van der Waals surface area contributed by atoms with Crippen molar-refractivity contribution in [2.75, 3.05) is 0 Å². The third kappa shape index (κ3) is 2.27. The molecule has 0 spiro atoms. The van der Waals surface area contributed by atoms with Gasteiger partial charge in [0.05, 0.1) is 5.56 Å². The fourth-order valence-corrected chi connectivity index (χ4v) is 1.08. The Labute approximate surface area is 75.3 Å². The molecule has 0 atom stereocenters. The molecular formula is C9H10O4. The molecule has 0 aliphatic rings. The lowest BCUT2D eigenvalue weighted by molar-refractivity contribution is -0.253. The predicted octanol–water partition coefficient (Wildman–Crippen LogP) is 1.68. The largest absolute Gasteiger partial charge is 0.478 e. The molecule has 1 rings (SSSR count). The second-order valence-electron chi connectivity index (χ2n) is 2.74. The Balaban J connectivity index is 3.10. The Hall–Kier alpha value is -1.39. The van der Waals surface area contributed by atoms with E-state index in [1.165, 1.54) is 6.07 Å². The maximum absolute atomic E-state index is 10.7. The van der Waals surface area contributed by atoms with Crippen LogP contribution in [0, 0.1) is 6.92 Å². The first kappa shape index (κ1) is 9.70. The number of aromatic carboxylic acids is 1. The number of benzene rings is 1. The smallest absolute Gasteiger partial charge is 0.336 e. The molecule has 0 heterocycles. The average molecular weight is 182 g/mol. The fraction of sp³-hybridized carbons (Fsp3) is 0.222. The van der Waals surface area contributed by atoms with Gasteiger partial charge in [0.15, 0.2) is 0 Å². The van der Waals surface area contributed by atoms with Gasteiger partial charge in [-0.1, -0.05) is 17.7 Å². The summed E-state index contributed by atoms with van der Waals surface area (Å²) in [5.74, 6) is -1.02. The van der Waals surface area contributed by atoms with Crippen LogP contribution in [0.2, 0.25) is 0 Å². The summed E-state index contributed by atoms with van der Waals surface area (Å²) in [5.41, 5.74) is 1.48. The van der Waals surface area contributed by atoms with Gasteiger partial charge < -0.3 is 5.11 Å². The van der Waals surface area contributed by atoms with E-state index in [1.807, 2.05) is 0 Å². The minimum Gasteiger partial charge on any atom is -0.478 e. The molecule has 0 radical (unpaired) electrons. The van der Waals surface area contributed by atoms with Gasteiger partial charge in [-0.2, -0.15) is 0 Å². The molecule has 0 fully saturated rings. The highest BCUT2D eigenvalue weighted by atomic mass is 17.1. The summed E-state index contributed by atoms with van der Waals surface area (Å²) in [6, 6.07) is 4.92. The van der Waals surface area contributed by atoms with Gasteiger partial charge in [-0.15, -0.1) is 0 Å². The average Bonchev–Trinajstić information content (AvgIpc) is 2.08. The van der Waals surface area contributed by atoms with Crippen molar-refractivity contribution in [3.8, 4) is 0 Å². The zero-order valence-corrected chi connectivity index (χ0v) is 7.15. The monoisotopic (exact) mass is 182 g/mol. The van der Waals surface area contributed by atoms with Crippen LogP contribution in [-0.2, 0) is 11.5 Å². The summed E-state index contributed by atoms with van der Waals surface area (Å²) >= 11 is 0. The summed E-state index contributed by atoms with van der Waals surface area (Å²) in [5, 5.41) is 17.0. The Morgan fingerprint density at radius 1 is 1.54 bits per heavy atom. The molecule has 2 N–H and O–H groups in total. The van der Waals surface area contributed by atoms with Crippen molar-refractivity contribution in [3.05, 3.63) is 34.9 Å². The van der Waals surface area contributed by atoms with Crippen LogP contribution >= 0.6 is 0 Å². The van der Waals surface area contributed by atoms with Gasteiger partial charge in [-0.25, -0.2) is 9.68 Å². The molecule has 0 saturated heterocycles. The van der Waals surface area contributed by atoms with Crippen molar-refractivity contribution in [1.29, 1.82) is 0 Å². The van der Waals surface area contributed by atoms with E-state index in [1.54, 1.807) is 19.1 Å². The summed E-state index contributed by atoms with van der Waals surface area (Å²) in [6.07, 6.45) is 0. The fourth-order valence-electron chi connectivity index (χ4n) is 1.08. The Morgan fingerprint density at radius 3 is 2.77 bits per heavy atom. The number of carbonyl (C=O) groups is 1. The van der Waals surface area contributed by atoms with E-state index in [2.05, 4.69) is 4.89 Å². The second-order valence-corrected chi connectivity index (χ2v) is 2.74. The lowest BCUT2D eigenvalue weighted by Crippen LogP contribution is -2.03. The minimum atomic E-state index is -1.02. The molecule has 4 heteroatoms. The van der Waals surface area contributed by atoms with Gasteiger partial charge in [-0.3, -0.25) is 5.26 Å². The van der Waals surface area contributed by atoms with E-state index in [-0.39, 0.29) is 12.2 Å². The normalized spacial score (nSPS) is 10.0. The highest BCUT2D eigenvalue weighted by Crippen LogP contribution is 2.12. The van der Waals surface area contributed by atoms with Crippen LogP contribution in [0.1, 0.15) is 21.5 Å². The first-order valence-corrected chi connectivity index (χ1v) is 3.74. The topological polar surface area (TPSA) is 66.8 Å². The maximum atomic E-state index is 10.7. The Morgan fingerprint density at radius 2 is 2.23 bits per heavy atom. The quantitative estimate of drug-likeness (QED) is 0.551. The summed E-state index contributed by atoms with van der Waals surface area (Å²) in [7, 11) is 0. The molecule has 0 unspecified atom stereocenters. The van der Waals surface area contributed by atoms with Gasteiger partial charge in [0.2, 0.25) is 0 Å². The standard InChI is InChI=1S/C9H10O4/c1-6-2-3-7(5-13-12)8(4-6)9(10)11/h2-4,12H,5H2,1H3,(H,10,11). The van der Waals surface area contributed by atoms with Gasteiger partial charge in [-0.05, 0) is 18.6 Å². The van der Waals surface area contributed by atoms with Crippen molar-refractivity contribution in [2.24, 2.45) is 0 Å². The van der Waals surface area contributed by atoms with E-state index < -0.39 is 5.97 Å². The number of hydrogen-bond donors (Lipinski definition) is 2. The Bertz CT molecular complexity index is 319. The summed E-state index contributed by atoms with van der Waals surface area (Å²) < 4.78 is 0. The van der Waals surface area contributed by atoms with E-state index in [9.17, 15) is 4.79 Å². The zero-order chi connectivity index (χ0) is 9.84. The van der Waals surface area contributed by atoms with Crippen molar-refractivity contribution in [3.63, 3.8) is 0 Å². The molecular weight excluding hydrogens is 172 g/mol. The molecule has 13 heavy (non-hydrogen) atoms. The minimum absolute atomic E-state index is 0.109. The molecule has 0 amide bonds. The lowest BCUT2D eigenvalue weighted by Gasteiger charge is -2.04. The van der Waals surface area contributed by atoms with Crippen LogP contribution in [-0.4, -0.2) is 16.3 Å². The molecule has 4 nitrogen and oxygen atoms in total. The van der Waals surface area contributed by atoms with Gasteiger partial charge in [0.25, 0.3) is 0 Å². The first-order valence-electron chi connectivity index (χ1n) is 3.74. The predicted molar refractivity (Wildman–Crippen MR) is 45.6 cm³/mol. The first-order chi connectivity index (χ1) is 6.15. The molecule has 70 valence electrons. The Kier molecular flexibility index (Phi) is 3.00. The van der Waals surface area contributed by atoms with Crippen LogP contribution in [0.5, 0.6) is 0 Å². The van der Waals surface area contributed by atoms with Crippen molar-refractivity contribution in [1.82, 2.24) is 0 Å². The van der Waals surface area contributed by atoms with Crippen molar-refractivity contribution in [2.45, 2.75) is 13.5 Å². The maximum Gasteiger partial charge on any atom is 0.336 e. The van der Waals surface area contributed by atoms with Gasteiger partial charge in [0, 0.05) is 0 Å². The molecule has 0 aliphatic heterocycles. The lowest BCUT2D eigenvalue weighted by atomic mass is 10.1. The van der Waals surface area contributed by atoms with Gasteiger partial charge in [0.1, 0.15) is 6.61 Å². The molecule has 1 aromatic carbocycles. The van der Waals surface area contributed by atoms with Gasteiger partial charge >= 0.3 is 5.97 Å². The number of carboxylic acids is 1. The van der Waals surface area contributed by atoms with E-state index in [0.717, 1.165) is 5.56 Å². The second kappa shape index (κ2) is 4.02.